The summed E-state index contributed by atoms with van der Waals surface area (Å²) in [6.07, 6.45) is 3.85. The zero-order valence-corrected chi connectivity index (χ0v) is 10.9. The van der Waals surface area contributed by atoms with Crippen molar-refractivity contribution in [3.8, 4) is 5.88 Å². The molecule has 1 aromatic carbocycles. The van der Waals surface area contributed by atoms with Gasteiger partial charge in [0.15, 0.2) is 0 Å². The highest BCUT2D eigenvalue weighted by Gasteiger charge is 2.07. The van der Waals surface area contributed by atoms with Gasteiger partial charge >= 0.3 is 0 Å². The number of rotatable bonds is 5. The molecule has 0 bridgehead atoms. The van der Waals surface area contributed by atoms with Gasteiger partial charge in [-0.3, -0.25) is 0 Å². The third-order valence-corrected chi connectivity index (χ3v) is 2.91. The molecular formula is C14H19N3O. The minimum Gasteiger partial charge on any atom is -0.477 e. The van der Waals surface area contributed by atoms with Gasteiger partial charge in [0, 0.05) is 5.69 Å². The number of hydrogen-bond acceptors (Lipinski definition) is 4. The zero-order chi connectivity index (χ0) is 13.0. The van der Waals surface area contributed by atoms with Crippen molar-refractivity contribution in [3.05, 3.63) is 24.5 Å². The van der Waals surface area contributed by atoms with Crippen LogP contribution in [0.4, 0.5) is 5.69 Å². The molecule has 0 saturated heterocycles. The first-order valence-electron chi connectivity index (χ1n) is 6.33. The van der Waals surface area contributed by atoms with Gasteiger partial charge in [-0.1, -0.05) is 20.3 Å². The van der Waals surface area contributed by atoms with Crippen LogP contribution in [-0.4, -0.2) is 16.6 Å². The van der Waals surface area contributed by atoms with Crippen LogP contribution in [0.25, 0.3) is 10.9 Å². The Morgan fingerprint density at radius 1 is 1.33 bits per heavy atom. The molecule has 0 fully saturated rings. The van der Waals surface area contributed by atoms with Crippen molar-refractivity contribution in [3.63, 3.8) is 0 Å². The molecule has 0 spiro atoms. The Hall–Kier alpha value is -1.84. The number of ether oxygens (including phenoxy) is 1. The first-order chi connectivity index (χ1) is 8.70. The summed E-state index contributed by atoms with van der Waals surface area (Å²) in [6, 6.07) is 5.58. The van der Waals surface area contributed by atoms with Crippen LogP contribution >= 0.6 is 0 Å². The highest BCUT2D eigenvalue weighted by atomic mass is 16.5. The smallest absolute Gasteiger partial charge is 0.224 e. The fraction of sp³-hybridized carbons (Fsp3) is 0.429. The fourth-order valence-corrected chi connectivity index (χ4v) is 1.96. The summed E-state index contributed by atoms with van der Waals surface area (Å²) in [5, 5.41) is 0.912. The molecule has 2 N–H and O–H groups in total. The van der Waals surface area contributed by atoms with Crippen LogP contribution in [0.1, 0.15) is 26.7 Å². The minimum absolute atomic E-state index is 0.536. The average molecular weight is 245 g/mol. The molecule has 18 heavy (non-hydrogen) atoms. The molecule has 1 unspecified atom stereocenters. The van der Waals surface area contributed by atoms with Crippen molar-refractivity contribution in [2.24, 2.45) is 5.92 Å². The van der Waals surface area contributed by atoms with Crippen molar-refractivity contribution in [2.75, 3.05) is 12.3 Å². The van der Waals surface area contributed by atoms with E-state index in [0.717, 1.165) is 17.3 Å². The van der Waals surface area contributed by atoms with E-state index < -0.39 is 0 Å². The van der Waals surface area contributed by atoms with Crippen LogP contribution in [0.15, 0.2) is 24.5 Å². The normalized spacial score (nSPS) is 12.6. The van der Waals surface area contributed by atoms with E-state index in [2.05, 4.69) is 23.8 Å². The molecule has 0 aliphatic rings. The van der Waals surface area contributed by atoms with E-state index in [9.17, 15) is 0 Å². The summed E-state index contributed by atoms with van der Waals surface area (Å²) in [7, 11) is 0. The number of nitrogens with two attached hydrogens (primary N) is 1. The first-order valence-corrected chi connectivity index (χ1v) is 6.33. The van der Waals surface area contributed by atoms with Crippen molar-refractivity contribution in [1.29, 1.82) is 0 Å². The Bertz CT molecular complexity index is 527. The van der Waals surface area contributed by atoms with E-state index in [1.54, 1.807) is 0 Å². The molecule has 2 rings (SSSR count). The van der Waals surface area contributed by atoms with Gasteiger partial charge in [-0.2, -0.15) is 0 Å². The third kappa shape index (κ3) is 2.88. The molecule has 0 amide bonds. The number of anilines is 1. The zero-order valence-electron chi connectivity index (χ0n) is 10.9. The Balaban J connectivity index is 2.18. The molecule has 4 nitrogen and oxygen atoms in total. The summed E-state index contributed by atoms with van der Waals surface area (Å²) in [4.78, 5) is 8.39. The topological polar surface area (TPSA) is 61.0 Å². The van der Waals surface area contributed by atoms with Gasteiger partial charge < -0.3 is 10.5 Å². The van der Waals surface area contributed by atoms with Crippen molar-refractivity contribution in [2.45, 2.75) is 26.7 Å². The molecule has 0 radical (unpaired) electrons. The van der Waals surface area contributed by atoms with Crippen molar-refractivity contribution >= 4 is 16.6 Å². The predicted molar refractivity (Wildman–Crippen MR) is 73.5 cm³/mol. The minimum atomic E-state index is 0.536. The lowest BCUT2D eigenvalue weighted by atomic mass is 10.1. The lowest BCUT2D eigenvalue weighted by Gasteiger charge is -2.12. The summed E-state index contributed by atoms with van der Waals surface area (Å²) in [5.41, 5.74) is 7.26. The van der Waals surface area contributed by atoms with Crippen LogP contribution in [0.2, 0.25) is 0 Å². The second kappa shape index (κ2) is 5.67. The third-order valence-electron chi connectivity index (χ3n) is 2.91. The standard InChI is InChI=1S/C14H19N3O/c1-3-4-10(2)8-18-14-12-6-5-11(15)7-13(12)16-9-17-14/h5-7,9-10H,3-4,8,15H2,1-2H3. The summed E-state index contributed by atoms with van der Waals surface area (Å²) in [5.74, 6) is 1.18. The quantitative estimate of drug-likeness (QED) is 0.822. The molecule has 0 aliphatic carbocycles. The summed E-state index contributed by atoms with van der Waals surface area (Å²) >= 11 is 0. The Morgan fingerprint density at radius 2 is 2.17 bits per heavy atom. The maximum Gasteiger partial charge on any atom is 0.224 e. The second-order valence-corrected chi connectivity index (χ2v) is 4.66. The number of aromatic nitrogens is 2. The molecule has 96 valence electrons. The van der Waals surface area contributed by atoms with E-state index in [-0.39, 0.29) is 0 Å². The maximum absolute atomic E-state index is 5.78. The number of nitrogens with zero attached hydrogens (tertiary/aromatic N) is 2. The fourth-order valence-electron chi connectivity index (χ4n) is 1.96. The van der Waals surface area contributed by atoms with Crippen LogP contribution in [0.3, 0.4) is 0 Å². The van der Waals surface area contributed by atoms with Crippen LogP contribution in [0, 0.1) is 5.92 Å². The lowest BCUT2D eigenvalue weighted by Crippen LogP contribution is -2.09. The van der Waals surface area contributed by atoms with Gasteiger partial charge in [0.05, 0.1) is 17.5 Å². The van der Waals surface area contributed by atoms with Gasteiger partial charge in [-0.25, -0.2) is 9.97 Å². The van der Waals surface area contributed by atoms with Crippen molar-refractivity contribution in [1.82, 2.24) is 9.97 Å². The second-order valence-electron chi connectivity index (χ2n) is 4.66. The van der Waals surface area contributed by atoms with Crippen LogP contribution in [-0.2, 0) is 0 Å². The Labute approximate surface area is 107 Å². The van der Waals surface area contributed by atoms with E-state index in [1.807, 2.05) is 18.2 Å². The molecule has 0 saturated carbocycles. The highest BCUT2D eigenvalue weighted by Crippen LogP contribution is 2.23. The number of fused-ring (bicyclic) bond motifs is 1. The number of nitrogen functional groups attached to an aromatic ring is 1. The SMILES string of the molecule is CCCC(C)COc1ncnc2cc(N)ccc12. The first kappa shape index (κ1) is 12.6. The predicted octanol–water partition coefficient (Wildman–Crippen LogP) is 3.03. The van der Waals surface area contributed by atoms with E-state index in [0.29, 0.717) is 24.1 Å². The van der Waals surface area contributed by atoms with Gasteiger partial charge in [-0.15, -0.1) is 0 Å². The summed E-state index contributed by atoms with van der Waals surface area (Å²) < 4.78 is 5.78. The number of hydrogen-bond donors (Lipinski definition) is 1. The average Bonchev–Trinajstić information content (AvgIpc) is 2.36. The molecule has 1 aromatic heterocycles. The van der Waals surface area contributed by atoms with Crippen molar-refractivity contribution < 1.29 is 4.74 Å². The number of benzene rings is 1. The van der Waals surface area contributed by atoms with Crippen LogP contribution in [0.5, 0.6) is 5.88 Å². The van der Waals surface area contributed by atoms with Gasteiger partial charge in [0.1, 0.15) is 6.33 Å². The van der Waals surface area contributed by atoms with E-state index in [1.165, 1.54) is 12.7 Å². The maximum atomic E-state index is 5.78. The molecule has 2 aromatic rings. The highest BCUT2D eigenvalue weighted by molar-refractivity contribution is 5.85. The molecule has 0 aliphatic heterocycles. The molecule has 1 atom stereocenters. The largest absolute Gasteiger partial charge is 0.477 e. The lowest BCUT2D eigenvalue weighted by molar-refractivity contribution is 0.246. The molecular weight excluding hydrogens is 226 g/mol. The van der Waals surface area contributed by atoms with E-state index in [4.69, 9.17) is 10.5 Å². The van der Waals surface area contributed by atoms with Gasteiger partial charge in [-0.05, 0) is 30.5 Å². The Kier molecular flexibility index (Phi) is 3.97. The summed E-state index contributed by atoms with van der Waals surface area (Å²) in [6.45, 7) is 5.05. The van der Waals surface area contributed by atoms with E-state index >= 15 is 0 Å². The van der Waals surface area contributed by atoms with Crippen LogP contribution < -0.4 is 10.5 Å². The monoisotopic (exact) mass is 245 g/mol. The Morgan fingerprint density at radius 3 is 2.94 bits per heavy atom. The van der Waals surface area contributed by atoms with Gasteiger partial charge in [0.2, 0.25) is 5.88 Å². The molecule has 4 heteroatoms. The molecule has 1 heterocycles. The van der Waals surface area contributed by atoms with Gasteiger partial charge in [0.25, 0.3) is 0 Å².